The molecule has 1 atom stereocenters. The number of halogens is 1. The molecule has 18 heavy (non-hydrogen) atoms. The van der Waals surface area contributed by atoms with Crippen molar-refractivity contribution in [2.75, 3.05) is 25.9 Å². The number of anilines is 1. The van der Waals surface area contributed by atoms with Crippen LogP contribution in [0.3, 0.4) is 0 Å². The molecule has 1 aromatic rings. The lowest BCUT2D eigenvalue weighted by molar-refractivity contribution is 0.152. The van der Waals surface area contributed by atoms with Gasteiger partial charge in [-0.05, 0) is 54.9 Å². The minimum absolute atomic E-state index is 0.539. The third-order valence-corrected chi connectivity index (χ3v) is 3.89. The number of nitrogens with two attached hydrogens (primary N) is 1. The van der Waals surface area contributed by atoms with Gasteiger partial charge in [0.05, 0.1) is 12.3 Å². The maximum Gasteiger partial charge on any atom is 0.237 e. The van der Waals surface area contributed by atoms with Crippen LogP contribution in [0.4, 0.5) is 5.69 Å². The molecule has 0 aliphatic carbocycles. The van der Waals surface area contributed by atoms with Crippen LogP contribution in [0.1, 0.15) is 25.7 Å². The van der Waals surface area contributed by atoms with Crippen LogP contribution in [0.5, 0.6) is 5.88 Å². The van der Waals surface area contributed by atoms with Crippen molar-refractivity contribution < 1.29 is 4.74 Å². The molecule has 0 spiro atoms. The van der Waals surface area contributed by atoms with Gasteiger partial charge in [-0.2, -0.15) is 0 Å². The van der Waals surface area contributed by atoms with E-state index >= 15 is 0 Å². The molecule has 4 nitrogen and oxygen atoms in total. The van der Waals surface area contributed by atoms with Crippen LogP contribution in [0.15, 0.2) is 16.7 Å². The zero-order valence-corrected chi connectivity index (χ0v) is 12.3. The first-order chi connectivity index (χ1) is 8.66. The van der Waals surface area contributed by atoms with Gasteiger partial charge in [-0.3, -0.25) is 0 Å². The molecule has 1 aliphatic heterocycles. The molecule has 100 valence electrons. The smallest absolute Gasteiger partial charge is 0.237 e. The van der Waals surface area contributed by atoms with Gasteiger partial charge < -0.3 is 15.4 Å². The highest BCUT2D eigenvalue weighted by atomic mass is 79.9. The molecule has 1 fully saturated rings. The van der Waals surface area contributed by atoms with E-state index in [2.05, 4.69) is 32.9 Å². The Hall–Kier alpha value is -0.810. The summed E-state index contributed by atoms with van der Waals surface area (Å²) in [5.41, 5.74) is 6.42. The summed E-state index contributed by atoms with van der Waals surface area (Å²) in [6.07, 6.45) is 6.65. The van der Waals surface area contributed by atoms with E-state index in [1.165, 1.54) is 25.8 Å². The van der Waals surface area contributed by atoms with E-state index in [0.717, 1.165) is 10.9 Å². The highest BCUT2D eigenvalue weighted by Gasteiger charge is 2.18. The number of rotatable bonds is 4. The minimum atomic E-state index is 0.539. The van der Waals surface area contributed by atoms with E-state index in [4.69, 9.17) is 10.5 Å². The lowest BCUT2D eigenvalue weighted by Gasteiger charge is -2.32. The molecule has 1 aliphatic rings. The van der Waals surface area contributed by atoms with Crippen LogP contribution in [-0.2, 0) is 0 Å². The molecule has 1 unspecified atom stereocenters. The molecular formula is C13H20BrN3O. The van der Waals surface area contributed by atoms with Crippen LogP contribution < -0.4 is 10.5 Å². The maximum atomic E-state index is 5.84. The lowest BCUT2D eigenvalue weighted by Crippen LogP contribution is -2.37. The van der Waals surface area contributed by atoms with Gasteiger partial charge in [-0.15, -0.1) is 0 Å². The predicted octanol–water partition coefficient (Wildman–Crippen LogP) is 2.68. The molecule has 0 amide bonds. The summed E-state index contributed by atoms with van der Waals surface area (Å²) in [5, 5.41) is 0. The van der Waals surface area contributed by atoms with E-state index in [1.807, 2.05) is 6.07 Å². The standard InChI is InChI=1S/C13H20BrN3O/c1-17-6-3-2-4-11(17)5-7-18-13-12(15)8-10(14)9-16-13/h8-9,11H,2-7,15H2,1H3. The summed E-state index contributed by atoms with van der Waals surface area (Å²) >= 11 is 3.33. The summed E-state index contributed by atoms with van der Waals surface area (Å²) in [7, 11) is 2.19. The number of ether oxygens (including phenoxy) is 1. The first-order valence-corrected chi connectivity index (χ1v) is 7.20. The molecule has 1 aromatic heterocycles. The molecule has 0 radical (unpaired) electrons. The van der Waals surface area contributed by atoms with Crippen LogP contribution in [0, 0.1) is 0 Å². The summed E-state index contributed by atoms with van der Waals surface area (Å²) in [6, 6.07) is 2.45. The second kappa shape index (κ2) is 6.38. The molecule has 0 bridgehead atoms. The fraction of sp³-hybridized carbons (Fsp3) is 0.615. The van der Waals surface area contributed by atoms with Crippen molar-refractivity contribution in [1.29, 1.82) is 0 Å². The SMILES string of the molecule is CN1CCCCC1CCOc1ncc(Br)cc1N. The van der Waals surface area contributed by atoms with Gasteiger partial charge >= 0.3 is 0 Å². The summed E-state index contributed by atoms with van der Waals surface area (Å²) < 4.78 is 6.53. The highest BCUT2D eigenvalue weighted by molar-refractivity contribution is 9.10. The van der Waals surface area contributed by atoms with E-state index in [-0.39, 0.29) is 0 Å². The maximum absolute atomic E-state index is 5.84. The highest BCUT2D eigenvalue weighted by Crippen LogP contribution is 2.23. The molecule has 0 aromatic carbocycles. The Balaban J connectivity index is 1.81. The number of pyridine rings is 1. The number of hydrogen-bond acceptors (Lipinski definition) is 4. The van der Waals surface area contributed by atoms with E-state index < -0.39 is 0 Å². The average molecular weight is 314 g/mol. The van der Waals surface area contributed by atoms with Gasteiger partial charge in [-0.25, -0.2) is 4.98 Å². The average Bonchev–Trinajstić information content (AvgIpc) is 2.34. The zero-order valence-electron chi connectivity index (χ0n) is 10.7. The van der Waals surface area contributed by atoms with Crippen LogP contribution in [0.2, 0.25) is 0 Å². The van der Waals surface area contributed by atoms with E-state index in [9.17, 15) is 0 Å². The van der Waals surface area contributed by atoms with Gasteiger partial charge in [0.2, 0.25) is 5.88 Å². The quantitative estimate of drug-likeness (QED) is 0.928. The largest absolute Gasteiger partial charge is 0.476 e. The topological polar surface area (TPSA) is 51.4 Å². The molecular weight excluding hydrogens is 294 g/mol. The summed E-state index contributed by atoms with van der Waals surface area (Å²) in [4.78, 5) is 6.59. The second-order valence-electron chi connectivity index (χ2n) is 4.82. The molecule has 2 N–H and O–H groups in total. The number of hydrogen-bond donors (Lipinski definition) is 1. The molecule has 2 rings (SSSR count). The van der Waals surface area contributed by atoms with Crippen molar-refractivity contribution >= 4 is 21.6 Å². The van der Waals surface area contributed by atoms with E-state index in [0.29, 0.717) is 24.2 Å². The first kappa shape index (κ1) is 13.6. The van der Waals surface area contributed by atoms with Crippen molar-refractivity contribution in [3.8, 4) is 5.88 Å². The van der Waals surface area contributed by atoms with Crippen LogP contribution >= 0.6 is 15.9 Å². The summed E-state index contributed by atoms with van der Waals surface area (Å²) in [5.74, 6) is 0.539. The molecule has 1 saturated heterocycles. The Morgan fingerprint density at radius 2 is 2.39 bits per heavy atom. The monoisotopic (exact) mass is 313 g/mol. The predicted molar refractivity (Wildman–Crippen MR) is 76.7 cm³/mol. The molecule has 2 heterocycles. The number of nitrogens with zero attached hydrogens (tertiary/aromatic N) is 2. The summed E-state index contributed by atoms with van der Waals surface area (Å²) in [6.45, 7) is 1.87. The van der Waals surface area contributed by atoms with Crippen molar-refractivity contribution in [3.63, 3.8) is 0 Å². The third kappa shape index (κ3) is 3.59. The van der Waals surface area contributed by atoms with Gasteiger partial charge in [0.25, 0.3) is 0 Å². The third-order valence-electron chi connectivity index (χ3n) is 3.46. The Labute approximate surface area is 117 Å². The van der Waals surface area contributed by atoms with Crippen molar-refractivity contribution in [3.05, 3.63) is 16.7 Å². The number of aromatic nitrogens is 1. The number of piperidine rings is 1. The minimum Gasteiger partial charge on any atom is -0.476 e. The van der Waals surface area contributed by atoms with Crippen LogP contribution in [-0.4, -0.2) is 36.1 Å². The normalized spacial score (nSPS) is 20.9. The Kier molecular flexibility index (Phi) is 4.83. The fourth-order valence-electron chi connectivity index (χ4n) is 2.36. The first-order valence-electron chi connectivity index (χ1n) is 6.41. The van der Waals surface area contributed by atoms with Crippen LogP contribution in [0.25, 0.3) is 0 Å². The van der Waals surface area contributed by atoms with Crippen molar-refractivity contribution in [2.45, 2.75) is 31.7 Å². The van der Waals surface area contributed by atoms with Gasteiger partial charge in [0.1, 0.15) is 0 Å². The molecule has 5 heteroatoms. The van der Waals surface area contributed by atoms with Gasteiger partial charge in [-0.1, -0.05) is 6.42 Å². The Bertz CT molecular complexity index is 400. The molecule has 0 saturated carbocycles. The Morgan fingerprint density at radius 3 is 3.11 bits per heavy atom. The van der Waals surface area contributed by atoms with Gasteiger partial charge in [0.15, 0.2) is 0 Å². The Morgan fingerprint density at radius 1 is 1.56 bits per heavy atom. The van der Waals surface area contributed by atoms with Crippen molar-refractivity contribution in [1.82, 2.24) is 9.88 Å². The number of likely N-dealkylation sites (tertiary alicyclic amines) is 1. The second-order valence-corrected chi connectivity index (χ2v) is 5.73. The zero-order chi connectivity index (χ0) is 13.0. The number of nitrogen functional groups attached to an aromatic ring is 1. The van der Waals surface area contributed by atoms with E-state index in [1.54, 1.807) is 6.20 Å². The van der Waals surface area contributed by atoms with Crippen molar-refractivity contribution in [2.24, 2.45) is 0 Å². The van der Waals surface area contributed by atoms with Gasteiger partial charge in [0, 0.05) is 16.7 Å². The fourth-order valence-corrected chi connectivity index (χ4v) is 2.71. The lowest BCUT2D eigenvalue weighted by atomic mass is 10.0.